The van der Waals surface area contributed by atoms with Gasteiger partial charge in [-0.25, -0.2) is 0 Å². The third-order valence-electron chi connectivity index (χ3n) is 1.95. The second-order valence-corrected chi connectivity index (χ2v) is 4.00. The van der Waals surface area contributed by atoms with Gasteiger partial charge in [0.25, 0.3) is 5.91 Å². The highest BCUT2D eigenvalue weighted by Crippen LogP contribution is 2.04. The minimum Gasteiger partial charge on any atom is -0.375 e. The van der Waals surface area contributed by atoms with Crippen LogP contribution in [0.5, 0.6) is 0 Å². The second-order valence-electron chi connectivity index (χ2n) is 3.56. The summed E-state index contributed by atoms with van der Waals surface area (Å²) in [5.41, 5.74) is 9.15. The fraction of sp³-hybridized carbons (Fsp3) is 0.182. The molecule has 0 aliphatic carbocycles. The molecule has 1 aromatic rings. The molecule has 17 heavy (non-hydrogen) atoms. The van der Waals surface area contributed by atoms with Crippen molar-refractivity contribution in [3.8, 4) is 0 Å². The summed E-state index contributed by atoms with van der Waals surface area (Å²) in [4.78, 5) is 13.1. The maximum Gasteiger partial charge on any atom is 0.253 e. The molecule has 0 atom stereocenters. The molecule has 1 rings (SSSR count). The van der Waals surface area contributed by atoms with Crippen molar-refractivity contribution in [3.05, 3.63) is 35.4 Å². The number of nitrogens with one attached hydrogen (secondary N) is 1. The van der Waals surface area contributed by atoms with E-state index in [1.165, 1.54) is 4.90 Å². The summed E-state index contributed by atoms with van der Waals surface area (Å²) < 4.78 is 0. The topological polar surface area (TPSA) is 70.7 Å². The minimum atomic E-state index is -0.0326. The summed E-state index contributed by atoms with van der Waals surface area (Å²) >= 11 is 4.60. The molecule has 6 heteroatoms. The Morgan fingerprint density at radius 2 is 2.00 bits per heavy atom. The van der Waals surface area contributed by atoms with Crippen LogP contribution in [0, 0.1) is 0 Å². The third-order valence-corrected chi connectivity index (χ3v) is 2.04. The molecule has 0 radical (unpaired) electrons. The van der Waals surface area contributed by atoms with Gasteiger partial charge >= 0.3 is 0 Å². The summed E-state index contributed by atoms with van der Waals surface area (Å²) in [7, 11) is 3.42. The number of nitrogens with zero attached hydrogens (tertiary/aromatic N) is 2. The lowest BCUT2D eigenvalue weighted by molar-refractivity contribution is 0.0827. The fourth-order valence-electron chi connectivity index (χ4n) is 1.14. The molecule has 0 aliphatic heterocycles. The van der Waals surface area contributed by atoms with E-state index >= 15 is 0 Å². The molecule has 0 aromatic heterocycles. The van der Waals surface area contributed by atoms with Gasteiger partial charge in [-0.15, -0.1) is 0 Å². The lowest BCUT2D eigenvalue weighted by Crippen LogP contribution is -2.24. The Kier molecular flexibility index (Phi) is 4.59. The van der Waals surface area contributed by atoms with E-state index in [4.69, 9.17) is 5.73 Å². The van der Waals surface area contributed by atoms with Crippen molar-refractivity contribution in [2.24, 2.45) is 10.8 Å². The van der Waals surface area contributed by atoms with Crippen molar-refractivity contribution >= 4 is 29.5 Å². The average Bonchev–Trinajstić information content (AvgIpc) is 2.28. The van der Waals surface area contributed by atoms with Crippen LogP contribution >= 0.6 is 12.2 Å². The first-order chi connectivity index (χ1) is 8.00. The third kappa shape index (κ3) is 4.20. The van der Waals surface area contributed by atoms with Crippen molar-refractivity contribution in [1.82, 2.24) is 10.3 Å². The molecule has 3 N–H and O–H groups in total. The Morgan fingerprint density at radius 3 is 2.47 bits per heavy atom. The lowest BCUT2D eigenvalue weighted by Gasteiger charge is -2.09. The average molecular weight is 250 g/mol. The zero-order chi connectivity index (χ0) is 12.8. The van der Waals surface area contributed by atoms with Crippen molar-refractivity contribution in [2.45, 2.75) is 0 Å². The highest BCUT2D eigenvalue weighted by molar-refractivity contribution is 7.80. The van der Waals surface area contributed by atoms with Crippen LogP contribution in [-0.2, 0) is 0 Å². The van der Waals surface area contributed by atoms with Gasteiger partial charge in [0.05, 0.1) is 6.21 Å². The van der Waals surface area contributed by atoms with Gasteiger partial charge in [0, 0.05) is 19.7 Å². The smallest absolute Gasteiger partial charge is 0.253 e. The number of nitrogens with two attached hydrogens (primary N) is 1. The second kappa shape index (κ2) is 5.95. The normalized spacial score (nSPS) is 10.2. The van der Waals surface area contributed by atoms with Crippen LogP contribution in [0.25, 0.3) is 0 Å². The van der Waals surface area contributed by atoms with Crippen molar-refractivity contribution in [1.29, 1.82) is 0 Å². The molecule has 0 saturated carbocycles. The van der Waals surface area contributed by atoms with Gasteiger partial charge in [0.15, 0.2) is 5.11 Å². The van der Waals surface area contributed by atoms with Crippen molar-refractivity contribution in [3.63, 3.8) is 0 Å². The molecule has 1 amide bonds. The molecular weight excluding hydrogens is 236 g/mol. The van der Waals surface area contributed by atoms with Gasteiger partial charge < -0.3 is 10.6 Å². The lowest BCUT2D eigenvalue weighted by atomic mass is 10.1. The fourth-order valence-corrected chi connectivity index (χ4v) is 1.19. The number of carbonyl (C=O) groups excluding carboxylic acids is 1. The number of hydrogen-bond acceptors (Lipinski definition) is 3. The SMILES string of the molecule is CN(C)C(=O)c1ccc(C=NNC(N)=S)cc1. The van der Waals surface area contributed by atoms with E-state index in [-0.39, 0.29) is 11.0 Å². The van der Waals surface area contributed by atoms with Crippen LogP contribution in [0.2, 0.25) is 0 Å². The molecule has 0 spiro atoms. The van der Waals surface area contributed by atoms with Gasteiger partial charge in [-0.1, -0.05) is 12.1 Å². The monoisotopic (exact) mass is 250 g/mol. The van der Waals surface area contributed by atoms with E-state index in [0.29, 0.717) is 5.56 Å². The number of rotatable bonds is 3. The van der Waals surface area contributed by atoms with Crippen LogP contribution in [-0.4, -0.2) is 36.2 Å². The van der Waals surface area contributed by atoms with Gasteiger partial charge in [-0.2, -0.15) is 5.10 Å². The Labute approximate surface area is 105 Å². The predicted octanol–water partition coefficient (Wildman–Crippen LogP) is 0.556. The molecule has 0 unspecified atom stereocenters. The summed E-state index contributed by atoms with van der Waals surface area (Å²) in [5, 5.41) is 3.93. The van der Waals surface area contributed by atoms with Gasteiger partial charge in [0.2, 0.25) is 0 Å². The largest absolute Gasteiger partial charge is 0.375 e. The van der Waals surface area contributed by atoms with Crippen LogP contribution in [0.3, 0.4) is 0 Å². The van der Waals surface area contributed by atoms with Gasteiger partial charge in [-0.3, -0.25) is 10.2 Å². The van der Waals surface area contributed by atoms with Crippen LogP contribution in [0.15, 0.2) is 29.4 Å². The number of hydrazone groups is 1. The van der Waals surface area contributed by atoms with Gasteiger partial charge in [0.1, 0.15) is 0 Å². The van der Waals surface area contributed by atoms with E-state index in [2.05, 4.69) is 22.7 Å². The Hall–Kier alpha value is -1.95. The maximum absolute atomic E-state index is 11.6. The highest BCUT2D eigenvalue weighted by Gasteiger charge is 2.06. The van der Waals surface area contributed by atoms with Crippen molar-refractivity contribution < 1.29 is 4.79 Å². The molecule has 5 nitrogen and oxygen atoms in total. The molecular formula is C11H14N4OS. The maximum atomic E-state index is 11.6. The summed E-state index contributed by atoms with van der Waals surface area (Å²) in [5.74, 6) is -0.0326. The van der Waals surface area contributed by atoms with E-state index in [9.17, 15) is 4.79 Å². The predicted molar refractivity (Wildman–Crippen MR) is 72.0 cm³/mol. The Morgan fingerprint density at radius 1 is 1.41 bits per heavy atom. The number of amides is 1. The van der Waals surface area contributed by atoms with Crippen LogP contribution in [0.1, 0.15) is 15.9 Å². The molecule has 0 aliphatic rings. The summed E-state index contributed by atoms with van der Waals surface area (Å²) in [6, 6.07) is 7.07. The quantitative estimate of drug-likeness (QED) is 0.467. The zero-order valence-corrected chi connectivity index (χ0v) is 10.5. The molecule has 0 bridgehead atoms. The first-order valence-electron chi connectivity index (χ1n) is 4.91. The van der Waals surface area contributed by atoms with E-state index < -0.39 is 0 Å². The van der Waals surface area contributed by atoms with Crippen molar-refractivity contribution in [2.75, 3.05) is 14.1 Å². The highest BCUT2D eigenvalue weighted by atomic mass is 32.1. The number of hydrogen-bond donors (Lipinski definition) is 2. The number of benzene rings is 1. The Balaban J connectivity index is 2.71. The summed E-state index contributed by atoms with van der Waals surface area (Å²) in [6.45, 7) is 0. The van der Waals surface area contributed by atoms with E-state index in [1.54, 1.807) is 44.6 Å². The zero-order valence-electron chi connectivity index (χ0n) is 9.68. The van der Waals surface area contributed by atoms with Crippen LogP contribution in [0.4, 0.5) is 0 Å². The molecule has 0 heterocycles. The molecule has 0 fully saturated rings. The Bertz CT molecular complexity index is 439. The van der Waals surface area contributed by atoms with Crippen LogP contribution < -0.4 is 11.2 Å². The molecule has 90 valence electrons. The minimum absolute atomic E-state index is 0.0326. The van der Waals surface area contributed by atoms with Gasteiger partial charge in [-0.05, 0) is 29.9 Å². The first kappa shape index (κ1) is 13.1. The number of thiocarbonyl (C=S) groups is 1. The molecule has 1 aromatic carbocycles. The van der Waals surface area contributed by atoms with E-state index in [0.717, 1.165) is 5.56 Å². The van der Waals surface area contributed by atoms with E-state index in [1.807, 2.05) is 0 Å². The standard InChI is InChI=1S/C11H14N4OS/c1-15(2)10(16)9-5-3-8(4-6-9)7-13-14-11(12)17/h3-7H,1-2H3,(H3,12,14,17). The summed E-state index contributed by atoms with van der Waals surface area (Å²) in [6.07, 6.45) is 1.57. The molecule has 0 saturated heterocycles. The number of carbonyl (C=O) groups is 1. The first-order valence-corrected chi connectivity index (χ1v) is 5.32.